The lowest BCUT2D eigenvalue weighted by Gasteiger charge is -2.17. The van der Waals surface area contributed by atoms with Gasteiger partial charge in [0.1, 0.15) is 11.7 Å². The molecule has 2 N–H and O–H groups in total. The Balaban J connectivity index is 1.41. The molecule has 1 heterocycles. The molecule has 0 fully saturated rings. The highest BCUT2D eigenvalue weighted by atomic mass is 35.5. The summed E-state index contributed by atoms with van der Waals surface area (Å²) in [5.74, 6) is 0.504. The number of hydrogen-bond donors (Lipinski definition) is 2. The van der Waals surface area contributed by atoms with Crippen molar-refractivity contribution in [3.05, 3.63) is 64.2 Å². The van der Waals surface area contributed by atoms with E-state index in [9.17, 15) is 13.2 Å². The third-order valence-electron chi connectivity index (χ3n) is 5.27. The number of rotatable bonds is 10. The number of carbonyl (C=O) groups excluding carboxylic acids is 1. The Bertz CT molecular complexity index is 1170. The van der Waals surface area contributed by atoms with Gasteiger partial charge in [-0.3, -0.25) is 9.79 Å². The second-order valence-electron chi connectivity index (χ2n) is 7.69. The summed E-state index contributed by atoms with van der Waals surface area (Å²) in [5, 5.41) is 14.9. The third kappa shape index (κ3) is 6.78. The van der Waals surface area contributed by atoms with Crippen molar-refractivity contribution in [3.63, 3.8) is 0 Å². The Labute approximate surface area is 199 Å². The van der Waals surface area contributed by atoms with E-state index in [1.807, 2.05) is 30.3 Å². The number of nitriles is 1. The van der Waals surface area contributed by atoms with E-state index in [1.54, 1.807) is 11.9 Å². The van der Waals surface area contributed by atoms with Crippen LogP contribution in [0.3, 0.4) is 0 Å². The van der Waals surface area contributed by atoms with Crippen LogP contribution < -0.4 is 10.6 Å². The Hall–Kier alpha value is -2.93. The molecule has 0 unspecified atom stereocenters. The molecule has 0 bridgehead atoms. The van der Waals surface area contributed by atoms with Crippen molar-refractivity contribution >= 4 is 33.2 Å². The fourth-order valence-corrected chi connectivity index (χ4v) is 5.07. The van der Waals surface area contributed by atoms with Gasteiger partial charge in [-0.25, -0.2) is 8.42 Å². The second-order valence-corrected chi connectivity index (χ2v) is 10.1. The summed E-state index contributed by atoms with van der Waals surface area (Å²) in [6, 6.07) is 14.1. The smallest absolute Gasteiger partial charge is 0.223 e. The maximum atomic E-state index is 12.5. The first-order valence-corrected chi connectivity index (χ1v) is 12.6. The standard InChI is InChI=1S/C23H26ClN5O3S/c1-29(13-9-17-2-5-19(6-3-17)23-27-11-12-28-23)22(30)8-10-26-16-33(31,32)21-7-4-18(15-25)14-20(21)24/h2-7,14,26H,8-13,16H2,1H3,(H,27,28). The van der Waals surface area contributed by atoms with Crippen LogP contribution in [0, 0.1) is 11.3 Å². The average Bonchev–Trinajstić information content (AvgIpc) is 3.35. The number of sulfone groups is 1. The first-order valence-electron chi connectivity index (χ1n) is 10.5. The monoisotopic (exact) mass is 487 g/mol. The zero-order chi connectivity index (χ0) is 23.8. The average molecular weight is 488 g/mol. The third-order valence-corrected chi connectivity index (χ3v) is 7.30. The van der Waals surface area contributed by atoms with Crippen LogP contribution in [0.2, 0.25) is 5.02 Å². The van der Waals surface area contributed by atoms with Crippen LogP contribution in [0.1, 0.15) is 23.1 Å². The topological polar surface area (TPSA) is 115 Å². The van der Waals surface area contributed by atoms with Gasteiger partial charge in [0, 0.05) is 38.7 Å². The van der Waals surface area contributed by atoms with Crippen LogP contribution in [0.15, 0.2) is 52.4 Å². The van der Waals surface area contributed by atoms with Gasteiger partial charge in [0.15, 0.2) is 9.84 Å². The summed E-state index contributed by atoms with van der Waals surface area (Å²) in [4.78, 5) is 18.4. The zero-order valence-corrected chi connectivity index (χ0v) is 19.9. The van der Waals surface area contributed by atoms with Gasteiger partial charge in [0.2, 0.25) is 5.91 Å². The van der Waals surface area contributed by atoms with Crippen LogP contribution in [0.5, 0.6) is 0 Å². The second kappa shape index (κ2) is 11.3. The summed E-state index contributed by atoms with van der Waals surface area (Å²) < 4.78 is 24.9. The van der Waals surface area contributed by atoms with Crippen molar-refractivity contribution in [2.45, 2.75) is 17.7 Å². The molecule has 0 aliphatic carbocycles. The number of likely N-dealkylation sites (N-methyl/N-ethyl adjacent to an activating group) is 1. The van der Waals surface area contributed by atoms with Crippen LogP contribution in [-0.2, 0) is 21.1 Å². The lowest BCUT2D eigenvalue weighted by Crippen LogP contribution is -2.33. The van der Waals surface area contributed by atoms with Crippen molar-refractivity contribution < 1.29 is 13.2 Å². The number of benzene rings is 2. The summed E-state index contributed by atoms with van der Waals surface area (Å²) in [5.41, 5.74) is 2.47. The fourth-order valence-electron chi connectivity index (χ4n) is 3.34. The molecular formula is C23H26ClN5O3S. The minimum atomic E-state index is -3.68. The number of hydrogen-bond acceptors (Lipinski definition) is 7. The first kappa shape index (κ1) is 24.7. The van der Waals surface area contributed by atoms with Gasteiger partial charge in [-0.05, 0) is 30.2 Å². The van der Waals surface area contributed by atoms with E-state index >= 15 is 0 Å². The van der Waals surface area contributed by atoms with Crippen molar-refractivity contribution in [3.8, 4) is 6.07 Å². The molecule has 3 rings (SSSR count). The molecule has 2 aromatic rings. The molecule has 0 aromatic heterocycles. The van der Waals surface area contributed by atoms with E-state index in [2.05, 4.69) is 15.6 Å². The van der Waals surface area contributed by atoms with Gasteiger partial charge in [-0.1, -0.05) is 35.9 Å². The van der Waals surface area contributed by atoms with Gasteiger partial charge in [-0.15, -0.1) is 0 Å². The Morgan fingerprint density at radius 3 is 2.67 bits per heavy atom. The molecule has 1 aliphatic rings. The molecule has 174 valence electrons. The quantitative estimate of drug-likeness (QED) is 0.495. The lowest BCUT2D eigenvalue weighted by molar-refractivity contribution is -0.129. The van der Waals surface area contributed by atoms with Gasteiger partial charge in [0.25, 0.3) is 0 Å². The zero-order valence-electron chi connectivity index (χ0n) is 18.3. The predicted octanol–water partition coefficient (Wildman–Crippen LogP) is 1.97. The van der Waals surface area contributed by atoms with Gasteiger partial charge >= 0.3 is 0 Å². The summed E-state index contributed by atoms with van der Waals surface area (Å²) >= 11 is 6.00. The molecule has 33 heavy (non-hydrogen) atoms. The fraction of sp³-hybridized carbons (Fsp3) is 0.348. The molecule has 2 aromatic carbocycles. The van der Waals surface area contributed by atoms with E-state index in [-0.39, 0.29) is 40.2 Å². The minimum absolute atomic E-state index is 0.00665. The molecule has 10 heteroatoms. The maximum absolute atomic E-state index is 12.5. The maximum Gasteiger partial charge on any atom is 0.223 e. The lowest BCUT2D eigenvalue weighted by atomic mass is 10.1. The van der Waals surface area contributed by atoms with Gasteiger partial charge in [-0.2, -0.15) is 5.26 Å². The molecule has 8 nitrogen and oxygen atoms in total. The van der Waals surface area contributed by atoms with E-state index in [0.717, 1.165) is 36.5 Å². The summed E-state index contributed by atoms with van der Waals surface area (Å²) in [7, 11) is -1.94. The summed E-state index contributed by atoms with van der Waals surface area (Å²) in [6.07, 6.45) is 0.902. The summed E-state index contributed by atoms with van der Waals surface area (Å²) in [6.45, 7) is 2.46. The van der Waals surface area contributed by atoms with E-state index in [4.69, 9.17) is 16.9 Å². The Kier molecular flexibility index (Phi) is 8.44. The molecular weight excluding hydrogens is 462 g/mol. The Morgan fingerprint density at radius 1 is 1.27 bits per heavy atom. The number of aliphatic imine (C=N–C) groups is 1. The normalized spacial score (nSPS) is 13.2. The van der Waals surface area contributed by atoms with E-state index in [0.29, 0.717) is 6.54 Å². The van der Waals surface area contributed by atoms with Crippen molar-refractivity contribution in [2.75, 3.05) is 39.1 Å². The number of amidine groups is 1. The van der Waals surface area contributed by atoms with Crippen molar-refractivity contribution in [2.24, 2.45) is 4.99 Å². The van der Waals surface area contributed by atoms with Crippen LogP contribution >= 0.6 is 11.6 Å². The van der Waals surface area contributed by atoms with E-state index in [1.165, 1.54) is 18.2 Å². The van der Waals surface area contributed by atoms with E-state index < -0.39 is 9.84 Å². The van der Waals surface area contributed by atoms with Gasteiger partial charge in [0.05, 0.1) is 28.1 Å². The van der Waals surface area contributed by atoms with Crippen molar-refractivity contribution in [1.29, 1.82) is 5.26 Å². The van der Waals surface area contributed by atoms with Crippen LogP contribution in [0.4, 0.5) is 0 Å². The molecule has 0 spiro atoms. The molecule has 1 amide bonds. The largest absolute Gasteiger partial charge is 0.368 e. The Morgan fingerprint density at radius 2 is 2.03 bits per heavy atom. The molecule has 0 saturated heterocycles. The number of carbonyl (C=O) groups is 1. The number of nitrogens with zero attached hydrogens (tertiary/aromatic N) is 3. The highest BCUT2D eigenvalue weighted by molar-refractivity contribution is 7.91. The highest BCUT2D eigenvalue weighted by Gasteiger charge is 2.18. The highest BCUT2D eigenvalue weighted by Crippen LogP contribution is 2.23. The molecule has 0 saturated carbocycles. The van der Waals surface area contributed by atoms with Crippen LogP contribution in [0.25, 0.3) is 0 Å². The number of amides is 1. The SMILES string of the molecule is CN(CCc1ccc(C2=NCCN2)cc1)C(=O)CCNCS(=O)(=O)c1ccc(C#N)cc1Cl. The minimum Gasteiger partial charge on any atom is -0.368 e. The number of halogens is 1. The predicted molar refractivity (Wildman–Crippen MR) is 128 cm³/mol. The van der Waals surface area contributed by atoms with Gasteiger partial charge < -0.3 is 15.5 Å². The molecule has 0 radical (unpaired) electrons. The number of nitrogens with one attached hydrogen (secondary N) is 2. The van der Waals surface area contributed by atoms with Crippen LogP contribution in [-0.4, -0.2) is 64.2 Å². The van der Waals surface area contributed by atoms with Crippen molar-refractivity contribution in [1.82, 2.24) is 15.5 Å². The molecule has 1 aliphatic heterocycles. The first-order chi connectivity index (χ1) is 15.8. The molecule has 0 atom stereocenters.